The van der Waals surface area contributed by atoms with Crippen LogP contribution in [0.1, 0.15) is 75.3 Å². The normalized spacial score (nSPS) is 19.0. The van der Waals surface area contributed by atoms with E-state index >= 15 is 0 Å². The molecule has 1 fully saturated rings. The number of ether oxygens (including phenoxy) is 1. The molecule has 0 radical (unpaired) electrons. The highest BCUT2D eigenvalue weighted by Crippen LogP contribution is 2.37. The van der Waals surface area contributed by atoms with Gasteiger partial charge in [-0.2, -0.15) is 0 Å². The first-order valence-corrected chi connectivity index (χ1v) is 11.4. The molecule has 0 N–H and O–H groups in total. The van der Waals surface area contributed by atoms with Crippen LogP contribution in [0.2, 0.25) is 0 Å². The van der Waals surface area contributed by atoms with Crippen molar-refractivity contribution in [1.82, 2.24) is 0 Å². The van der Waals surface area contributed by atoms with Gasteiger partial charge >= 0.3 is 0 Å². The predicted octanol–water partition coefficient (Wildman–Crippen LogP) is 7.98. The third kappa shape index (κ3) is 6.01. The van der Waals surface area contributed by atoms with Gasteiger partial charge in [0, 0.05) is 12.2 Å². The van der Waals surface area contributed by atoms with E-state index in [0.29, 0.717) is 17.2 Å². The molecule has 2 aromatic rings. The highest BCUT2D eigenvalue weighted by atomic mass is 19.1. The van der Waals surface area contributed by atoms with Crippen molar-refractivity contribution in [3.63, 3.8) is 0 Å². The number of unbranched alkanes of at least 4 members (excludes halogenated alkanes) is 2. The molecule has 0 atom stereocenters. The minimum Gasteiger partial charge on any atom is -0.378 e. The van der Waals surface area contributed by atoms with Crippen LogP contribution in [0.3, 0.4) is 0 Å². The topological polar surface area (TPSA) is 9.23 Å². The van der Waals surface area contributed by atoms with E-state index in [1.54, 1.807) is 12.1 Å². The van der Waals surface area contributed by atoms with Gasteiger partial charge in [-0.1, -0.05) is 50.1 Å². The Morgan fingerprint density at radius 1 is 1.00 bits per heavy atom. The molecule has 0 saturated heterocycles. The largest absolute Gasteiger partial charge is 0.378 e. The molecule has 0 bridgehead atoms. The van der Waals surface area contributed by atoms with Crippen LogP contribution in [0.15, 0.2) is 49.1 Å². The molecule has 30 heavy (non-hydrogen) atoms. The molecule has 0 unspecified atom stereocenters. The summed E-state index contributed by atoms with van der Waals surface area (Å²) in [5.41, 5.74) is 2.73. The second-order valence-corrected chi connectivity index (χ2v) is 8.43. The van der Waals surface area contributed by atoms with E-state index in [2.05, 4.69) is 13.5 Å². The third-order valence-corrected chi connectivity index (χ3v) is 6.20. The Balaban J connectivity index is 1.61. The number of rotatable bonds is 10. The summed E-state index contributed by atoms with van der Waals surface area (Å²) in [5, 5.41) is 0. The molecule has 0 amide bonds. The Kier molecular flexibility index (Phi) is 8.62. The Morgan fingerprint density at radius 2 is 1.80 bits per heavy atom. The Hall–Kier alpha value is -2.00. The molecule has 1 aliphatic carbocycles. The van der Waals surface area contributed by atoms with Gasteiger partial charge in [-0.05, 0) is 79.7 Å². The minimum atomic E-state index is -0.301. The molecule has 3 heteroatoms. The van der Waals surface area contributed by atoms with E-state index in [1.165, 1.54) is 18.9 Å². The average molecular weight is 413 g/mol. The van der Waals surface area contributed by atoms with Gasteiger partial charge in [0.05, 0.1) is 6.10 Å². The number of aryl methyl sites for hydroxylation is 1. The lowest BCUT2D eigenvalue weighted by Crippen LogP contribution is -2.21. The van der Waals surface area contributed by atoms with Crippen LogP contribution in [-0.4, -0.2) is 12.7 Å². The third-order valence-electron chi connectivity index (χ3n) is 6.20. The maximum atomic E-state index is 14.9. The van der Waals surface area contributed by atoms with Crippen LogP contribution in [-0.2, 0) is 11.2 Å². The number of hydrogen-bond donors (Lipinski definition) is 0. The Bertz CT molecular complexity index is 822. The number of hydrogen-bond acceptors (Lipinski definition) is 1. The lowest BCUT2D eigenvalue weighted by Gasteiger charge is -2.29. The van der Waals surface area contributed by atoms with Gasteiger partial charge in [0.15, 0.2) is 0 Å². The van der Waals surface area contributed by atoms with Crippen LogP contribution in [0.4, 0.5) is 8.78 Å². The molecule has 0 spiro atoms. The molecule has 1 aliphatic rings. The van der Waals surface area contributed by atoms with Gasteiger partial charge < -0.3 is 4.74 Å². The summed E-state index contributed by atoms with van der Waals surface area (Å²) in [5.74, 6) is -0.306. The van der Waals surface area contributed by atoms with Crippen molar-refractivity contribution in [1.29, 1.82) is 0 Å². The van der Waals surface area contributed by atoms with Crippen molar-refractivity contribution >= 4 is 0 Å². The summed E-state index contributed by atoms with van der Waals surface area (Å²) in [6, 6.07) is 10.4. The molecule has 0 aromatic heterocycles. The van der Waals surface area contributed by atoms with E-state index < -0.39 is 0 Å². The highest BCUT2D eigenvalue weighted by molar-refractivity contribution is 5.65. The highest BCUT2D eigenvalue weighted by Gasteiger charge is 2.25. The molecular formula is C27H34F2O. The van der Waals surface area contributed by atoms with Crippen molar-refractivity contribution < 1.29 is 13.5 Å². The van der Waals surface area contributed by atoms with Crippen LogP contribution >= 0.6 is 0 Å². The van der Waals surface area contributed by atoms with E-state index in [0.717, 1.165) is 62.7 Å². The second kappa shape index (κ2) is 11.4. The van der Waals surface area contributed by atoms with E-state index in [9.17, 15) is 8.78 Å². The molecule has 2 aromatic carbocycles. The van der Waals surface area contributed by atoms with Crippen LogP contribution < -0.4 is 0 Å². The molecule has 0 aliphatic heterocycles. The molecule has 3 rings (SSSR count). The number of halogens is 2. The molecule has 1 nitrogen and oxygen atoms in total. The fraction of sp³-hybridized carbons (Fsp3) is 0.481. The lowest BCUT2D eigenvalue weighted by molar-refractivity contribution is 0.0225. The zero-order valence-electron chi connectivity index (χ0n) is 18.1. The first-order chi connectivity index (χ1) is 14.6. The summed E-state index contributed by atoms with van der Waals surface area (Å²) in [6.07, 6.45) is 11.1. The van der Waals surface area contributed by atoms with E-state index in [-0.39, 0.29) is 17.6 Å². The predicted molar refractivity (Wildman–Crippen MR) is 121 cm³/mol. The Morgan fingerprint density at radius 3 is 2.47 bits per heavy atom. The number of allylic oxidation sites excluding steroid dienone is 1. The molecule has 0 heterocycles. The molecule has 1 saturated carbocycles. The Labute approximate surface area is 180 Å². The SMILES string of the molecule is C=CCCc1ccc(-c2ccc(C3CCC(OCCCCC)CC3)c(F)c2)c(F)c1. The average Bonchev–Trinajstić information content (AvgIpc) is 2.76. The lowest BCUT2D eigenvalue weighted by atomic mass is 9.82. The van der Waals surface area contributed by atoms with Crippen LogP contribution in [0.5, 0.6) is 0 Å². The summed E-state index contributed by atoms with van der Waals surface area (Å²) in [4.78, 5) is 0. The zero-order chi connectivity index (χ0) is 21.3. The smallest absolute Gasteiger partial charge is 0.131 e. The zero-order valence-corrected chi connectivity index (χ0v) is 18.1. The van der Waals surface area contributed by atoms with Crippen molar-refractivity contribution in [2.45, 2.75) is 76.7 Å². The monoisotopic (exact) mass is 412 g/mol. The van der Waals surface area contributed by atoms with Crippen molar-refractivity contribution in [3.05, 3.63) is 71.8 Å². The van der Waals surface area contributed by atoms with Crippen molar-refractivity contribution in [2.24, 2.45) is 0 Å². The first kappa shape index (κ1) is 22.7. The number of benzene rings is 2. The van der Waals surface area contributed by atoms with Gasteiger partial charge in [-0.3, -0.25) is 0 Å². The summed E-state index contributed by atoms with van der Waals surface area (Å²) in [6.45, 7) is 6.73. The summed E-state index contributed by atoms with van der Waals surface area (Å²) >= 11 is 0. The standard InChI is InChI=1S/C27H34F2O/c1-3-5-7-17-30-23-13-10-21(11-14-23)24-16-12-22(19-27(24)29)25-15-9-20(8-6-4-2)18-26(25)28/h4,9,12,15-16,18-19,21,23H,2-3,5-8,10-11,13-14,17H2,1H3. The summed E-state index contributed by atoms with van der Waals surface area (Å²) in [7, 11) is 0. The van der Waals surface area contributed by atoms with Crippen LogP contribution in [0, 0.1) is 11.6 Å². The minimum absolute atomic E-state index is 0.223. The van der Waals surface area contributed by atoms with Crippen molar-refractivity contribution in [3.8, 4) is 11.1 Å². The van der Waals surface area contributed by atoms with Gasteiger partial charge in [-0.15, -0.1) is 6.58 Å². The van der Waals surface area contributed by atoms with Gasteiger partial charge in [0.2, 0.25) is 0 Å². The first-order valence-electron chi connectivity index (χ1n) is 11.4. The van der Waals surface area contributed by atoms with Gasteiger partial charge in [-0.25, -0.2) is 8.78 Å². The second-order valence-electron chi connectivity index (χ2n) is 8.43. The van der Waals surface area contributed by atoms with Gasteiger partial charge in [0.25, 0.3) is 0 Å². The maximum Gasteiger partial charge on any atom is 0.131 e. The van der Waals surface area contributed by atoms with E-state index in [1.807, 2.05) is 24.3 Å². The van der Waals surface area contributed by atoms with Crippen molar-refractivity contribution in [2.75, 3.05) is 6.61 Å². The molecule has 162 valence electrons. The van der Waals surface area contributed by atoms with Gasteiger partial charge in [0.1, 0.15) is 11.6 Å². The molecular weight excluding hydrogens is 378 g/mol. The maximum absolute atomic E-state index is 14.9. The van der Waals surface area contributed by atoms with E-state index in [4.69, 9.17) is 4.74 Å². The fourth-order valence-corrected chi connectivity index (χ4v) is 4.39. The summed E-state index contributed by atoms with van der Waals surface area (Å²) < 4.78 is 35.5. The quantitative estimate of drug-likeness (QED) is 0.284. The van der Waals surface area contributed by atoms with Crippen LogP contribution in [0.25, 0.3) is 11.1 Å². The fourth-order valence-electron chi connectivity index (χ4n) is 4.39.